The molecule has 0 saturated carbocycles. The Labute approximate surface area is 577 Å². The number of benzene rings is 2. The first-order valence-corrected chi connectivity index (χ1v) is 43.0. The third-order valence-corrected chi connectivity index (χ3v) is 21.5. The van der Waals surface area contributed by atoms with Gasteiger partial charge in [-0.25, -0.2) is 4.70 Å². The monoisotopic (exact) mass is 1300 g/mol. The number of hydrogen-bond acceptors (Lipinski definition) is 0. The fourth-order valence-electron chi connectivity index (χ4n) is 14.1. The van der Waals surface area contributed by atoms with E-state index in [4.69, 9.17) is 0 Å². The third kappa shape index (κ3) is 48.4. The first kappa shape index (κ1) is 85.1. The maximum atomic E-state index is 12.2. The molecule has 0 aromatic heterocycles. The Morgan fingerprint density at radius 3 is 0.703 bits per heavy atom. The molecule has 0 unspecified atom stereocenters. The molecule has 3 rings (SSSR count). The van der Waals surface area contributed by atoms with E-state index in [0.29, 0.717) is 0 Å². The SMILES string of the molecule is CCCCCCCCCCCCCCCCCCCCCCCCCCCCCCC1=C(c2cccc(CCCC)c2)[N+](=[N-])C(c2cccc(CCCC)c2)=C1CCCC.CCCCCCCCCCCCCC[CH2][Ni][CH2]CCCCCCCCCCCCCC. The van der Waals surface area contributed by atoms with Crippen LogP contribution in [0.5, 0.6) is 0 Å². The average Bonchev–Trinajstić information content (AvgIpc) is 1.67. The van der Waals surface area contributed by atoms with Crippen molar-refractivity contribution in [3.05, 3.63) is 87.5 Å². The van der Waals surface area contributed by atoms with E-state index in [1.807, 2.05) is 14.4 Å². The van der Waals surface area contributed by atoms with Gasteiger partial charge in [-0.05, 0) is 86.8 Å². The number of aryl methyl sites for hydroxylation is 2. The van der Waals surface area contributed by atoms with Crippen molar-refractivity contribution in [2.75, 3.05) is 0 Å². The summed E-state index contributed by atoms with van der Waals surface area (Å²) < 4.78 is 1.60. The molecule has 530 valence electrons. The molecule has 2 aromatic carbocycles. The fraction of sp³-hybridized carbons (Fsp3) is 0.818. The van der Waals surface area contributed by atoms with Gasteiger partial charge in [-0.15, -0.1) is 0 Å². The van der Waals surface area contributed by atoms with Gasteiger partial charge in [0.15, 0.2) is 0 Å². The molecule has 0 spiro atoms. The minimum absolute atomic E-state index is 1.02. The zero-order valence-electron chi connectivity index (χ0n) is 62.5. The quantitative estimate of drug-likeness (QED) is 0.0358. The van der Waals surface area contributed by atoms with Crippen LogP contribution in [0.2, 0.25) is 10.8 Å². The molecule has 0 saturated heterocycles. The average molecular weight is 1300 g/mol. The van der Waals surface area contributed by atoms with Crippen LogP contribution >= 0.6 is 0 Å². The number of unbranched alkanes of at least 4 members (excludes halogenated alkanes) is 54. The van der Waals surface area contributed by atoms with E-state index in [2.05, 4.69) is 90.1 Å². The van der Waals surface area contributed by atoms with Crippen molar-refractivity contribution >= 4 is 11.4 Å². The van der Waals surface area contributed by atoms with Crippen LogP contribution in [0.3, 0.4) is 0 Å². The van der Waals surface area contributed by atoms with Crippen molar-refractivity contribution in [1.29, 1.82) is 0 Å². The Hall–Kier alpha value is -1.99. The zero-order valence-corrected chi connectivity index (χ0v) is 63.5. The van der Waals surface area contributed by atoms with Crippen molar-refractivity contribution < 1.29 is 19.1 Å². The first-order valence-electron chi connectivity index (χ1n) is 41.6. The van der Waals surface area contributed by atoms with Crippen LogP contribution in [0.25, 0.3) is 16.9 Å². The van der Waals surface area contributed by atoms with Gasteiger partial charge in [0, 0.05) is 22.3 Å². The van der Waals surface area contributed by atoms with Gasteiger partial charge in [0.25, 0.3) is 0 Å². The smallest absolute Gasteiger partial charge is 0.0654 e. The Bertz CT molecular complexity index is 1910. The van der Waals surface area contributed by atoms with Crippen molar-refractivity contribution in [2.45, 2.75) is 463 Å². The van der Waals surface area contributed by atoms with Crippen molar-refractivity contribution in [2.24, 2.45) is 0 Å². The van der Waals surface area contributed by atoms with Gasteiger partial charge in [0.05, 0.1) is 0 Å². The molecule has 91 heavy (non-hydrogen) atoms. The van der Waals surface area contributed by atoms with E-state index in [1.54, 1.807) is 4.70 Å². The van der Waals surface area contributed by atoms with Gasteiger partial charge >= 0.3 is 166 Å². The minimum atomic E-state index is 1.02. The van der Waals surface area contributed by atoms with Crippen LogP contribution in [0.15, 0.2) is 59.7 Å². The molecule has 0 atom stereocenters. The second-order valence-electron chi connectivity index (χ2n) is 28.9. The molecular formula is C88H158N2Ni. The number of nitrogens with zero attached hydrogens (tertiary/aromatic N) is 2. The molecule has 0 amide bonds. The normalized spacial score (nSPS) is 12.6. The number of hydrogen-bond donors (Lipinski definition) is 0. The molecule has 0 aliphatic carbocycles. The number of allylic oxidation sites excluding steroid dienone is 2. The van der Waals surface area contributed by atoms with Crippen LogP contribution in [0.4, 0.5) is 0 Å². The Balaban J connectivity index is 0.000000767. The molecule has 1 aliphatic heterocycles. The van der Waals surface area contributed by atoms with Gasteiger partial charge in [-0.1, -0.05) is 284 Å². The van der Waals surface area contributed by atoms with Crippen molar-refractivity contribution in [3.63, 3.8) is 0 Å². The Morgan fingerprint density at radius 1 is 0.242 bits per heavy atom. The van der Waals surface area contributed by atoms with Crippen molar-refractivity contribution in [1.82, 2.24) is 0 Å². The van der Waals surface area contributed by atoms with E-state index >= 15 is 0 Å². The van der Waals surface area contributed by atoms with E-state index in [-0.39, 0.29) is 0 Å². The summed E-state index contributed by atoms with van der Waals surface area (Å²) in [6.45, 7) is 13.7. The minimum Gasteiger partial charge on any atom is -0.0654 e. The van der Waals surface area contributed by atoms with Crippen molar-refractivity contribution in [3.8, 4) is 0 Å². The molecule has 0 N–H and O–H groups in total. The Morgan fingerprint density at radius 2 is 0.451 bits per heavy atom. The summed E-state index contributed by atoms with van der Waals surface area (Å²) >= 11 is 2.04. The molecular weight excluding hydrogens is 1140 g/mol. The van der Waals surface area contributed by atoms with Gasteiger partial charge in [0.2, 0.25) is 11.4 Å². The summed E-state index contributed by atoms with van der Waals surface area (Å²) in [7, 11) is 0. The number of rotatable bonds is 68. The standard InChI is InChI=1S/C58H96N2.2C15H31.Ni/c1-5-9-13-14-15-16-17-18-19-20-21-22-23-24-25-26-27-28-29-30-31-32-33-34-35-36-37-38-48-56-55(47-12-8-4)57(53-45-39-43-51(49-53)41-10-6-2)60(59)58(56)54-46-40-44-52(50-54)42-11-7-3;2*1-3-5-7-9-11-13-15-14-12-10-8-6-4-2;/h39-40,43-46,49-50H,5-38,41-42,47-48H2,1-4H3;2*1,3-15H2,2H3;. The summed E-state index contributed by atoms with van der Waals surface area (Å²) in [6.07, 6.45) is 89.6. The zero-order chi connectivity index (χ0) is 65.2. The van der Waals surface area contributed by atoms with Crippen LogP contribution in [0.1, 0.15) is 462 Å². The summed E-state index contributed by atoms with van der Waals surface area (Å²) in [6, 6.07) is 18.1. The maximum absolute atomic E-state index is 12.2. The molecule has 0 radical (unpaired) electrons. The topological polar surface area (TPSA) is 25.3 Å². The molecule has 0 fully saturated rings. The summed E-state index contributed by atoms with van der Waals surface area (Å²) in [5.41, 5.74) is 22.1. The van der Waals surface area contributed by atoms with Gasteiger partial charge in [-0.3, -0.25) is 0 Å². The predicted molar refractivity (Wildman–Crippen MR) is 408 cm³/mol. The summed E-state index contributed by atoms with van der Waals surface area (Å²) in [4.78, 5) is 0. The molecule has 1 heterocycles. The third-order valence-electron chi connectivity index (χ3n) is 20.1. The van der Waals surface area contributed by atoms with E-state index in [9.17, 15) is 5.53 Å². The first-order chi connectivity index (χ1) is 45.1. The van der Waals surface area contributed by atoms with Crippen LogP contribution in [-0.4, -0.2) is 4.70 Å². The van der Waals surface area contributed by atoms with Crippen LogP contribution in [0, 0.1) is 0 Å². The van der Waals surface area contributed by atoms with Crippen LogP contribution < -0.4 is 0 Å². The Kier molecular flexibility index (Phi) is 62.3. The second kappa shape index (κ2) is 66.6. The predicted octanol–water partition coefficient (Wildman–Crippen LogP) is 32.2. The summed E-state index contributed by atoms with van der Waals surface area (Å²) in [5, 5.41) is 2.87. The molecule has 2 nitrogen and oxygen atoms in total. The second-order valence-corrected chi connectivity index (χ2v) is 30.4. The van der Waals surface area contributed by atoms with Gasteiger partial charge in [-0.2, -0.15) is 0 Å². The molecule has 3 heteroatoms. The van der Waals surface area contributed by atoms with E-state index < -0.39 is 0 Å². The van der Waals surface area contributed by atoms with E-state index in [1.165, 1.54) is 417 Å². The van der Waals surface area contributed by atoms with Gasteiger partial charge < -0.3 is 5.53 Å². The molecule has 0 bridgehead atoms. The fourth-order valence-corrected chi connectivity index (χ4v) is 15.3. The van der Waals surface area contributed by atoms with Crippen LogP contribution in [-0.2, 0) is 27.3 Å². The van der Waals surface area contributed by atoms with Gasteiger partial charge in [0.1, 0.15) is 0 Å². The van der Waals surface area contributed by atoms with E-state index in [0.717, 1.165) is 49.9 Å². The summed E-state index contributed by atoms with van der Waals surface area (Å²) in [5.74, 6) is 0. The molecule has 1 aliphatic rings. The molecule has 2 aromatic rings.